The van der Waals surface area contributed by atoms with Crippen LogP contribution in [0.3, 0.4) is 0 Å². The summed E-state index contributed by atoms with van der Waals surface area (Å²) in [5.41, 5.74) is 1.58. The fourth-order valence-electron chi connectivity index (χ4n) is 2.05. The normalized spacial score (nSPS) is 12.1. The van der Waals surface area contributed by atoms with E-state index in [0.717, 1.165) is 30.5 Å². The van der Waals surface area contributed by atoms with Crippen molar-refractivity contribution in [1.29, 1.82) is 0 Å². The average Bonchev–Trinajstić information content (AvgIpc) is 2.48. The predicted octanol–water partition coefficient (Wildman–Crippen LogP) is 2.09. The summed E-state index contributed by atoms with van der Waals surface area (Å²) in [6, 6.07) is 11.9. The van der Waals surface area contributed by atoms with Gasteiger partial charge in [-0.15, -0.1) is 0 Å². The van der Waals surface area contributed by atoms with E-state index in [2.05, 4.69) is 11.6 Å². The Labute approximate surface area is 136 Å². The van der Waals surface area contributed by atoms with E-state index in [0.29, 0.717) is 5.69 Å². The van der Waals surface area contributed by atoms with Crippen molar-refractivity contribution in [3.8, 4) is 0 Å². The Bertz CT molecular complexity index is 872. The summed E-state index contributed by atoms with van der Waals surface area (Å²) in [7, 11) is -7.64. The summed E-state index contributed by atoms with van der Waals surface area (Å²) in [5, 5.41) is 4.99. The van der Waals surface area contributed by atoms with Gasteiger partial charge in [-0.3, -0.25) is 4.72 Å². The van der Waals surface area contributed by atoms with Gasteiger partial charge in [0.2, 0.25) is 10.0 Å². The third kappa shape index (κ3) is 4.54. The molecule has 0 aliphatic carbocycles. The van der Waals surface area contributed by atoms with Gasteiger partial charge in [-0.1, -0.05) is 25.5 Å². The minimum absolute atomic E-state index is 0.0393. The highest BCUT2D eigenvalue weighted by Gasteiger charge is 2.16. The summed E-state index contributed by atoms with van der Waals surface area (Å²) in [6.07, 6.45) is 1.95. The molecule has 0 atom stereocenters. The molecule has 124 valence electrons. The molecule has 0 aliphatic rings. The first-order valence-corrected chi connectivity index (χ1v) is 10.00. The molecule has 6 nitrogen and oxygen atoms in total. The predicted molar refractivity (Wildman–Crippen MR) is 89.1 cm³/mol. The summed E-state index contributed by atoms with van der Waals surface area (Å²) in [6.45, 7) is 2.07. The van der Waals surface area contributed by atoms with E-state index < -0.39 is 20.0 Å². The fraction of sp³-hybridized carbons (Fsp3) is 0.200. The summed E-state index contributed by atoms with van der Waals surface area (Å²) in [5.74, 6) is 0. The molecule has 0 bridgehead atoms. The van der Waals surface area contributed by atoms with Gasteiger partial charge in [0.1, 0.15) is 0 Å². The zero-order valence-corrected chi connectivity index (χ0v) is 14.2. The molecule has 0 fully saturated rings. The maximum absolute atomic E-state index is 12.3. The van der Waals surface area contributed by atoms with Crippen molar-refractivity contribution < 1.29 is 16.8 Å². The van der Waals surface area contributed by atoms with E-state index in [-0.39, 0.29) is 9.79 Å². The third-order valence-electron chi connectivity index (χ3n) is 3.21. The van der Waals surface area contributed by atoms with E-state index in [4.69, 9.17) is 5.14 Å². The van der Waals surface area contributed by atoms with Crippen molar-refractivity contribution in [2.75, 3.05) is 4.72 Å². The second kappa shape index (κ2) is 6.69. The smallest absolute Gasteiger partial charge is 0.261 e. The molecule has 0 radical (unpaired) electrons. The standard InChI is InChI=1S/C15H18N2O4S2/c1-2-3-12-4-6-13(7-5-12)17-23(20,21)15-10-8-14(9-11-15)22(16,18)19/h4-11,17H,2-3H2,1H3,(H2,16,18,19). The lowest BCUT2D eigenvalue weighted by molar-refractivity contribution is 0.595. The lowest BCUT2D eigenvalue weighted by Gasteiger charge is -2.09. The minimum atomic E-state index is -3.85. The molecular weight excluding hydrogens is 336 g/mol. The van der Waals surface area contributed by atoms with Crippen molar-refractivity contribution >= 4 is 25.7 Å². The molecule has 0 unspecified atom stereocenters. The van der Waals surface area contributed by atoms with Gasteiger partial charge in [0.05, 0.1) is 9.79 Å². The highest BCUT2D eigenvalue weighted by atomic mass is 32.2. The van der Waals surface area contributed by atoms with Gasteiger partial charge in [-0.05, 0) is 48.4 Å². The minimum Gasteiger partial charge on any atom is -0.280 e. The lowest BCUT2D eigenvalue weighted by Crippen LogP contribution is -2.15. The molecule has 8 heteroatoms. The topological polar surface area (TPSA) is 106 Å². The van der Waals surface area contributed by atoms with Crippen molar-refractivity contribution in [3.05, 3.63) is 54.1 Å². The highest BCUT2D eigenvalue weighted by molar-refractivity contribution is 7.92. The molecular formula is C15H18N2O4S2. The largest absolute Gasteiger partial charge is 0.280 e. The van der Waals surface area contributed by atoms with Gasteiger partial charge in [-0.2, -0.15) is 0 Å². The van der Waals surface area contributed by atoms with Crippen LogP contribution in [-0.2, 0) is 26.5 Å². The van der Waals surface area contributed by atoms with Gasteiger partial charge in [0, 0.05) is 5.69 Å². The molecule has 0 heterocycles. The summed E-state index contributed by atoms with van der Waals surface area (Å²) < 4.78 is 49.4. The first-order valence-electron chi connectivity index (χ1n) is 6.97. The van der Waals surface area contributed by atoms with Crippen LogP contribution in [0.1, 0.15) is 18.9 Å². The Hall–Kier alpha value is -1.90. The monoisotopic (exact) mass is 354 g/mol. The Morgan fingerprint density at radius 3 is 1.87 bits per heavy atom. The number of hydrogen-bond donors (Lipinski definition) is 2. The molecule has 0 amide bonds. The number of nitrogens with one attached hydrogen (secondary N) is 1. The maximum atomic E-state index is 12.3. The molecule has 2 rings (SSSR count). The van der Waals surface area contributed by atoms with Crippen molar-refractivity contribution in [2.24, 2.45) is 5.14 Å². The number of aryl methyl sites for hydroxylation is 1. The Morgan fingerprint density at radius 2 is 1.39 bits per heavy atom. The number of hydrogen-bond acceptors (Lipinski definition) is 4. The number of rotatable bonds is 6. The number of benzene rings is 2. The molecule has 0 aliphatic heterocycles. The molecule has 23 heavy (non-hydrogen) atoms. The van der Waals surface area contributed by atoms with Gasteiger partial charge in [-0.25, -0.2) is 22.0 Å². The Balaban J connectivity index is 2.21. The third-order valence-corrected chi connectivity index (χ3v) is 5.53. The Kier molecular flexibility index (Phi) is 5.08. The van der Waals surface area contributed by atoms with E-state index >= 15 is 0 Å². The zero-order chi connectivity index (χ0) is 17.1. The van der Waals surface area contributed by atoms with Gasteiger partial charge < -0.3 is 0 Å². The number of anilines is 1. The summed E-state index contributed by atoms with van der Waals surface area (Å²) >= 11 is 0. The second-order valence-corrected chi connectivity index (χ2v) is 8.31. The van der Waals surface area contributed by atoms with E-state index in [9.17, 15) is 16.8 Å². The van der Waals surface area contributed by atoms with E-state index in [1.54, 1.807) is 12.1 Å². The molecule has 0 saturated heterocycles. The average molecular weight is 354 g/mol. The lowest BCUT2D eigenvalue weighted by atomic mass is 10.1. The van der Waals surface area contributed by atoms with Crippen LogP contribution in [0.15, 0.2) is 58.3 Å². The van der Waals surface area contributed by atoms with Crippen LogP contribution in [0, 0.1) is 0 Å². The molecule has 2 aromatic carbocycles. The van der Waals surface area contributed by atoms with Gasteiger partial charge in [0.15, 0.2) is 0 Å². The first-order chi connectivity index (χ1) is 10.7. The van der Waals surface area contributed by atoms with E-state index in [1.165, 1.54) is 12.1 Å². The Morgan fingerprint density at radius 1 is 0.870 bits per heavy atom. The van der Waals surface area contributed by atoms with Crippen molar-refractivity contribution in [3.63, 3.8) is 0 Å². The van der Waals surface area contributed by atoms with E-state index in [1.807, 2.05) is 12.1 Å². The molecule has 3 N–H and O–H groups in total. The van der Waals surface area contributed by atoms with Crippen LogP contribution in [0.4, 0.5) is 5.69 Å². The molecule has 2 aromatic rings. The highest BCUT2D eigenvalue weighted by Crippen LogP contribution is 2.18. The first kappa shape index (κ1) is 17.5. The van der Waals surface area contributed by atoms with Crippen LogP contribution in [0.5, 0.6) is 0 Å². The molecule has 0 aromatic heterocycles. The molecule has 0 spiro atoms. The number of sulfonamides is 2. The van der Waals surface area contributed by atoms with Crippen LogP contribution in [0.25, 0.3) is 0 Å². The van der Waals surface area contributed by atoms with Crippen molar-refractivity contribution in [2.45, 2.75) is 29.6 Å². The van der Waals surface area contributed by atoms with Crippen LogP contribution < -0.4 is 9.86 Å². The SMILES string of the molecule is CCCc1ccc(NS(=O)(=O)c2ccc(S(N)(=O)=O)cc2)cc1. The van der Waals surface area contributed by atoms with Crippen LogP contribution in [0.2, 0.25) is 0 Å². The quantitative estimate of drug-likeness (QED) is 0.828. The summed E-state index contributed by atoms with van der Waals surface area (Å²) in [4.78, 5) is -0.178. The zero-order valence-electron chi connectivity index (χ0n) is 12.6. The second-order valence-electron chi connectivity index (χ2n) is 5.07. The van der Waals surface area contributed by atoms with Crippen molar-refractivity contribution in [1.82, 2.24) is 0 Å². The number of primary sulfonamides is 1. The van der Waals surface area contributed by atoms with Gasteiger partial charge >= 0.3 is 0 Å². The van der Waals surface area contributed by atoms with Gasteiger partial charge in [0.25, 0.3) is 10.0 Å². The van der Waals surface area contributed by atoms with Crippen LogP contribution in [-0.4, -0.2) is 16.8 Å². The molecule has 0 saturated carbocycles. The fourth-order valence-corrected chi connectivity index (χ4v) is 3.62. The van der Waals surface area contributed by atoms with Crippen LogP contribution >= 0.6 is 0 Å². The number of nitrogens with two attached hydrogens (primary N) is 1. The maximum Gasteiger partial charge on any atom is 0.261 e.